The number of rotatable bonds is 5. The van der Waals surface area contributed by atoms with E-state index in [1.165, 1.54) is 12.1 Å². The Morgan fingerprint density at radius 1 is 0.806 bits per heavy atom. The second kappa shape index (κ2) is 8.34. The van der Waals surface area contributed by atoms with Crippen molar-refractivity contribution in [2.24, 2.45) is 4.99 Å². The molecule has 0 N–H and O–H groups in total. The quantitative estimate of drug-likeness (QED) is 0.508. The van der Waals surface area contributed by atoms with Crippen LogP contribution < -0.4 is 14.2 Å². The number of nitrogens with zero attached hydrogens (tertiary/aromatic N) is 1. The van der Waals surface area contributed by atoms with Gasteiger partial charge in [-0.15, -0.1) is 0 Å². The summed E-state index contributed by atoms with van der Waals surface area (Å²) in [6.07, 6.45) is -3.56. The predicted molar refractivity (Wildman–Crippen MR) is 112 cm³/mol. The molecule has 0 aliphatic carbocycles. The average Bonchev–Trinajstić information content (AvgIpc) is 2.78. The molecule has 3 aromatic carbocycles. The summed E-state index contributed by atoms with van der Waals surface area (Å²) in [7, 11) is 3.20. The van der Waals surface area contributed by atoms with Crippen molar-refractivity contribution in [1.82, 2.24) is 0 Å². The summed E-state index contributed by atoms with van der Waals surface area (Å²) < 4.78 is 54.6. The molecular formula is C24H20F3NO3. The number of methoxy groups -OCH3 is 2. The van der Waals surface area contributed by atoms with Crippen LogP contribution in [0.1, 0.15) is 22.3 Å². The first kappa shape index (κ1) is 20.8. The molecule has 0 bridgehead atoms. The molecule has 7 heteroatoms. The first-order valence-electron chi connectivity index (χ1n) is 9.64. The lowest BCUT2D eigenvalue weighted by atomic mass is 9.92. The maximum atomic E-state index is 12.7. The summed E-state index contributed by atoms with van der Waals surface area (Å²) in [5.74, 6) is 2.17. The van der Waals surface area contributed by atoms with Gasteiger partial charge in [0.15, 0.2) is 11.5 Å². The van der Waals surface area contributed by atoms with E-state index in [-0.39, 0.29) is 0 Å². The molecule has 31 heavy (non-hydrogen) atoms. The number of hydrogen-bond acceptors (Lipinski definition) is 4. The highest BCUT2D eigenvalue weighted by Crippen LogP contribution is 2.34. The van der Waals surface area contributed by atoms with Gasteiger partial charge in [0.1, 0.15) is 11.5 Å². The number of benzene rings is 3. The summed E-state index contributed by atoms with van der Waals surface area (Å²) in [6, 6.07) is 15.8. The topological polar surface area (TPSA) is 40.0 Å². The number of ether oxygens (including phenoxy) is 3. The molecule has 0 amide bonds. The highest BCUT2D eigenvalue weighted by atomic mass is 19.4. The summed E-state index contributed by atoms with van der Waals surface area (Å²) in [6.45, 7) is 0.668. The average molecular weight is 427 g/mol. The normalized spacial score (nSPS) is 13.3. The lowest BCUT2D eigenvalue weighted by molar-refractivity contribution is -0.137. The van der Waals surface area contributed by atoms with Gasteiger partial charge in [0.25, 0.3) is 0 Å². The van der Waals surface area contributed by atoms with Crippen molar-refractivity contribution in [3.05, 3.63) is 82.9 Å². The van der Waals surface area contributed by atoms with Gasteiger partial charge < -0.3 is 14.2 Å². The highest BCUT2D eigenvalue weighted by molar-refractivity contribution is 6.14. The summed E-state index contributed by atoms with van der Waals surface area (Å²) >= 11 is 0. The van der Waals surface area contributed by atoms with Gasteiger partial charge >= 0.3 is 6.18 Å². The minimum Gasteiger partial charge on any atom is -0.493 e. The second-order valence-corrected chi connectivity index (χ2v) is 6.99. The lowest BCUT2D eigenvalue weighted by Gasteiger charge is -2.20. The molecule has 0 atom stereocenters. The van der Waals surface area contributed by atoms with Crippen LogP contribution in [0.3, 0.4) is 0 Å². The lowest BCUT2D eigenvalue weighted by Crippen LogP contribution is -2.14. The minimum absolute atomic E-state index is 0.331. The van der Waals surface area contributed by atoms with Crippen LogP contribution in [0.15, 0.2) is 65.7 Å². The zero-order chi connectivity index (χ0) is 22.0. The Kier molecular flexibility index (Phi) is 5.59. The van der Waals surface area contributed by atoms with Gasteiger partial charge in [-0.25, -0.2) is 0 Å². The monoisotopic (exact) mass is 427 g/mol. The molecule has 0 aromatic heterocycles. The fourth-order valence-corrected chi connectivity index (χ4v) is 3.50. The van der Waals surface area contributed by atoms with E-state index in [1.54, 1.807) is 26.4 Å². The highest BCUT2D eigenvalue weighted by Gasteiger charge is 2.30. The molecular weight excluding hydrogens is 407 g/mol. The molecule has 1 heterocycles. The number of alkyl halides is 3. The van der Waals surface area contributed by atoms with E-state index in [1.807, 2.05) is 24.3 Å². The zero-order valence-electron chi connectivity index (χ0n) is 17.0. The summed E-state index contributed by atoms with van der Waals surface area (Å²) in [5, 5.41) is 0. The van der Waals surface area contributed by atoms with Crippen molar-refractivity contribution < 1.29 is 27.4 Å². The number of hydrogen-bond donors (Lipinski definition) is 0. The van der Waals surface area contributed by atoms with Crippen LogP contribution in [0.4, 0.5) is 13.2 Å². The largest absolute Gasteiger partial charge is 0.493 e. The van der Waals surface area contributed by atoms with Crippen molar-refractivity contribution in [1.29, 1.82) is 0 Å². The molecule has 3 aromatic rings. The third kappa shape index (κ3) is 4.35. The van der Waals surface area contributed by atoms with Gasteiger partial charge in [0.2, 0.25) is 0 Å². The van der Waals surface area contributed by atoms with Crippen LogP contribution in [0, 0.1) is 0 Å². The molecule has 1 aliphatic rings. The fraction of sp³-hybridized carbons (Fsp3) is 0.208. The molecule has 4 nitrogen and oxygen atoms in total. The summed E-state index contributed by atoms with van der Waals surface area (Å²) in [4.78, 5) is 4.69. The van der Waals surface area contributed by atoms with Gasteiger partial charge in [-0.3, -0.25) is 4.99 Å². The fourth-order valence-electron chi connectivity index (χ4n) is 3.50. The van der Waals surface area contributed by atoms with Gasteiger partial charge in [-0.2, -0.15) is 13.2 Å². The van der Waals surface area contributed by atoms with Crippen LogP contribution in [-0.2, 0) is 12.6 Å². The van der Waals surface area contributed by atoms with E-state index >= 15 is 0 Å². The van der Waals surface area contributed by atoms with E-state index in [0.29, 0.717) is 29.5 Å². The van der Waals surface area contributed by atoms with Crippen LogP contribution in [-0.4, -0.2) is 26.5 Å². The van der Waals surface area contributed by atoms with Crippen LogP contribution >= 0.6 is 0 Å². The number of aliphatic imine (C=N–C) groups is 1. The number of halogens is 3. The van der Waals surface area contributed by atoms with E-state index in [0.717, 1.165) is 41.0 Å². The molecule has 0 saturated heterocycles. The van der Waals surface area contributed by atoms with Gasteiger partial charge in [0, 0.05) is 17.7 Å². The standard InChI is InChI=1S/C24H20F3NO3/c1-29-21-13-16-11-12-28-23(20(16)14-22(21)30-2)15-3-7-18(8-4-15)31-19-9-5-17(6-10-19)24(25,26)27/h3-10,13-14H,11-12H2,1-2H3. The Morgan fingerprint density at radius 2 is 1.39 bits per heavy atom. The van der Waals surface area contributed by atoms with Gasteiger partial charge in [0.05, 0.1) is 25.5 Å². The maximum Gasteiger partial charge on any atom is 0.416 e. The van der Waals surface area contributed by atoms with E-state index < -0.39 is 11.7 Å². The second-order valence-electron chi connectivity index (χ2n) is 6.99. The smallest absolute Gasteiger partial charge is 0.416 e. The van der Waals surface area contributed by atoms with Crippen molar-refractivity contribution >= 4 is 5.71 Å². The van der Waals surface area contributed by atoms with Crippen molar-refractivity contribution in [2.45, 2.75) is 12.6 Å². The van der Waals surface area contributed by atoms with Crippen molar-refractivity contribution in [3.8, 4) is 23.0 Å². The Balaban J connectivity index is 1.56. The van der Waals surface area contributed by atoms with Crippen molar-refractivity contribution in [3.63, 3.8) is 0 Å². The van der Waals surface area contributed by atoms with E-state index in [9.17, 15) is 13.2 Å². The SMILES string of the molecule is COc1cc2c(cc1OC)C(c1ccc(Oc3ccc(C(F)(F)F)cc3)cc1)=NCC2. The number of fused-ring (bicyclic) bond motifs is 1. The first-order valence-corrected chi connectivity index (χ1v) is 9.64. The van der Waals surface area contributed by atoms with Crippen molar-refractivity contribution in [2.75, 3.05) is 20.8 Å². The zero-order valence-corrected chi connectivity index (χ0v) is 17.0. The molecule has 160 valence electrons. The molecule has 0 fully saturated rings. The predicted octanol–water partition coefficient (Wildman–Crippen LogP) is 5.91. The van der Waals surface area contributed by atoms with E-state index in [4.69, 9.17) is 19.2 Å². The maximum absolute atomic E-state index is 12.7. The summed E-state index contributed by atoms with van der Waals surface area (Å²) in [5.41, 5.74) is 3.17. The van der Waals surface area contributed by atoms with E-state index in [2.05, 4.69) is 0 Å². The van der Waals surface area contributed by atoms with Crippen LogP contribution in [0.25, 0.3) is 0 Å². The third-order valence-electron chi connectivity index (χ3n) is 5.06. The Labute approximate surface area is 177 Å². The van der Waals surface area contributed by atoms with Gasteiger partial charge in [-0.1, -0.05) is 0 Å². The van der Waals surface area contributed by atoms with Crippen LogP contribution in [0.2, 0.25) is 0 Å². The molecule has 0 unspecified atom stereocenters. The Bertz CT molecular complexity index is 1100. The van der Waals surface area contributed by atoms with Crippen LogP contribution in [0.5, 0.6) is 23.0 Å². The Hall–Kier alpha value is -3.48. The first-order chi connectivity index (χ1) is 14.9. The molecule has 0 radical (unpaired) electrons. The molecule has 1 aliphatic heterocycles. The third-order valence-corrected chi connectivity index (χ3v) is 5.06. The van der Waals surface area contributed by atoms with Gasteiger partial charge in [-0.05, 0) is 72.6 Å². The Morgan fingerprint density at radius 3 is 1.97 bits per heavy atom. The minimum atomic E-state index is -4.37. The molecule has 4 rings (SSSR count). The molecule has 0 saturated carbocycles. The molecule has 0 spiro atoms.